The Morgan fingerprint density at radius 1 is 1.44 bits per heavy atom. The molecule has 1 heterocycles. The monoisotopic (exact) mass is 290 g/mol. The first-order chi connectivity index (χ1) is 7.74. The van der Waals surface area contributed by atoms with Gasteiger partial charge in [-0.05, 0) is 15.9 Å². The molecule has 0 amide bonds. The lowest BCUT2D eigenvalue weighted by Gasteiger charge is -2.08. The van der Waals surface area contributed by atoms with Gasteiger partial charge >= 0.3 is 0 Å². The smallest absolute Gasteiger partial charge is 0.221 e. The average Bonchev–Trinajstić information content (AvgIpc) is 2.28. The van der Waals surface area contributed by atoms with Crippen molar-refractivity contribution in [1.82, 2.24) is 9.97 Å². The third-order valence-corrected chi connectivity index (χ3v) is 2.31. The normalized spacial score (nSPS) is 10.4. The second-order valence-electron chi connectivity index (χ2n) is 2.96. The molecule has 1 rings (SSSR count). The van der Waals surface area contributed by atoms with Crippen LogP contribution >= 0.6 is 15.9 Å². The van der Waals surface area contributed by atoms with E-state index < -0.39 is 0 Å². The van der Waals surface area contributed by atoms with Gasteiger partial charge in [-0.25, -0.2) is 4.98 Å². The van der Waals surface area contributed by atoms with Crippen molar-refractivity contribution in [2.24, 2.45) is 0 Å². The van der Waals surface area contributed by atoms with Crippen LogP contribution in [0.25, 0.3) is 0 Å². The fraction of sp³-hybridized carbons (Fsp3) is 0.556. The Hall–Kier alpha value is -0.920. The van der Waals surface area contributed by atoms with Gasteiger partial charge in [0.1, 0.15) is 5.82 Å². The van der Waals surface area contributed by atoms with Crippen LogP contribution in [-0.4, -0.2) is 43.4 Å². The fourth-order valence-electron chi connectivity index (χ4n) is 0.991. The maximum absolute atomic E-state index is 5.47. The summed E-state index contributed by atoms with van der Waals surface area (Å²) in [6.45, 7) is 2.42. The SMILES string of the molecule is COCCOCCNc1nc(N)ncc1Br. The number of methoxy groups -OCH3 is 1. The number of rotatable bonds is 7. The summed E-state index contributed by atoms with van der Waals surface area (Å²) in [4.78, 5) is 7.88. The third kappa shape index (κ3) is 4.73. The van der Waals surface area contributed by atoms with Gasteiger partial charge in [0.2, 0.25) is 5.95 Å². The molecule has 0 aliphatic heterocycles. The van der Waals surface area contributed by atoms with E-state index in [4.69, 9.17) is 15.2 Å². The highest BCUT2D eigenvalue weighted by molar-refractivity contribution is 9.10. The van der Waals surface area contributed by atoms with Crippen molar-refractivity contribution in [3.05, 3.63) is 10.7 Å². The van der Waals surface area contributed by atoms with Crippen molar-refractivity contribution in [2.45, 2.75) is 0 Å². The Balaban J connectivity index is 2.23. The molecule has 0 bridgehead atoms. The summed E-state index contributed by atoms with van der Waals surface area (Å²) in [5, 5.41) is 3.09. The number of nitrogen functional groups attached to an aromatic ring is 1. The highest BCUT2D eigenvalue weighted by atomic mass is 79.9. The van der Waals surface area contributed by atoms with Crippen molar-refractivity contribution in [1.29, 1.82) is 0 Å². The number of nitrogens with zero attached hydrogens (tertiary/aromatic N) is 2. The molecule has 16 heavy (non-hydrogen) atoms. The second-order valence-corrected chi connectivity index (χ2v) is 3.81. The van der Waals surface area contributed by atoms with Gasteiger partial charge in [-0.2, -0.15) is 4.98 Å². The lowest BCUT2D eigenvalue weighted by Crippen LogP contribution is -2.13. The first-order valence-corrected chi connectivity index (χ1v) is 5.62. The van der Waals surface area contributed by atoms with Gasteiger partial charge in [-0.3, -0.25) is 0 Å². The summed E-state index contributed by atoms with van der Waals surface area (Å²) in [6, 6.07) is 0. The molecule has 1 aromatic heterocycles. The minimum atomic E-state index is 0.242. The number of anilines is 2. The second kappa shape index (κ2) is 7.37. The van der Waals surface area contributed by atoms with Crippen LogP contribution in [0.3, 0.4) is 0 Å². The van der Waals surface area contributed by atoms with Gasteiger partial charge in [0.25, 0.3) is 0 Å². The van der Waals surface area contributed by atoms with E-state index in [1.54, 1.807) is 13.3 Å². The molecule has 1 aromatic rings. The zero-order chi connectivity index (χ0) is 11.8. The highest BCUT2D eigenvalue weighted by Crippen LogP contribution is 2.18. The van der Waals surface area contributed by atoms with Crippen molar-refractivity contribution < 1.29 is 9.47 Å². The Labute approximate surface area is 103 Å². The number of hydrogen-bond donors (Lipinski definition) is 2. The number of hydrogen-bond acceptors (Lipinski definition) is 6. The van der Waals surface area contributed by atoms with Gasteiger partial charge < -0.3 is 20.5 Å². The Bertz CT molecular complexity index is 324. The van der Waals surface area contributed by atoms with E-state index in [0.29, 0.717) is 32.2 Å². The van der Waals surface area contributed by atoms with E-state index in [1.807, 2.05) is 0 Å². The zero-order valence-electron chi connectivity index (χ0n) is 9.07. The molecule has 0 radical (unpaired) electrons. The molecule has 6 nitrogen and oxygen atoms in total. The van der Waals surface area contributed by atoms with Crippen LogP contribution in [0.4, 0.5) is 11.8 Å². The molecule has 0 atom stereocenters. The van der Waals surface area contributed by atoms with Crippen LogP contribution in [0.5, 0.6) is 0 Å². The number of halogens is 1. The quantitative estimate of drug-likeness (QED) is 0.726. The van der Waals surface area contributed by atoms with Crippen LogP contribution in [0.15, 0.2) is 10.7 Å². The molecule has 0 spiro atoms. The lowest BCUT2D eigenvalue weighted by molar-refractivity contribution is 0.0759. The molecule has 0 fully saturated rings. The molecule has 0 unspecified atom stereocenters. The van der Waals surface area contributed by atoms with Crippen molar-refractivity contribution in [2.75, 3.05) is 44.5 Å². The molecule has 0 aromatic carbocycles. The standard InChI is InChI=1S/C9H15BrN4O2/c1-15-4-5-16-3-2-12-8-7(10)6-13-9(11)14-8/h6H,2-5H2,1H3,(H3,11,12,13,14). The maximum atomic E-state index is 5.47. The average molecular weight is 291 g/mol. The summed E-state index contributed by atoms with van der Waals surface area (Å²) in [6.07, 6.45) is 1.61. The summed E-state index contributed by atoms with van der Waals surface area (Å²) in [5.41, 5.74) is 5.47. The highest BCUT2D eigenvalue weighted by Gasteiger charge is 2.01. The number of ether oxygens (including phenoxy) is 2. The molecule has 90 valence electrons. The Kier molecular flexibility index (Phi) is 6.05. The number of aromatic nitrogens is 2. The van der Waals surface area contributed by atoms with Gasteiger partial charge in [0.15, 0.2) is 0 Å². The van der Waals surface area contributed by atoms with Crippen LogP contribution in [0.2, 0.25) is 0 Å². The van der Waals surface area contributed by atoms with E-state index in [0.717, 1.165) is 4.47 Å². The molecular formula is C9H15BrN4O2. The van der Waals surface area contributed by atoms with E-state index in [-0.39, 0.29) is 5.95 Å². The molecule has 0 aliphatic carbocycles. The van der Waals surface area contributed by atoms with E-state index in [1.165, 1.54) is 0 Å². The number of nitrogens with two attached hydrogens (primary N) is 1. The Morgan fingerprint density at radius 2 is 2.25 bits per heavy atom. The molecular weight excluding hydrogens is 276 g/mol. The van der Waals surface area contributed by atoms with Crippen LogP contribution < -0.4 is 11.1 Å². The van der Waals surface area contributed by atoms with E-state index in [9.17, 15) is 0 Å². The predicted octanol–water partition coefficient (Wildman–Crippen LogP) is 0.896. The maximum Gasteiger partial charge on any atom is 0.221 e. The van der Waals surface area contributed by atoms with Gasteiger partial charge in [-0.15, -0.1) is 0 Å². The van der Waals surface area contributed by atoms with Crippen LogP contribution in [-0.2, 0) is 9.47 Å². The van der Waals surface area contributed by atoms with Crippen molar-refractivity contribution in [3.8, 4) is 0 Å². The summed E-state index contributed by atoms with van der Waals surface area (Å²) in [7, 11) is 1.64. The van der Waals surface area contributed by atoms with Crippen LogP contribution in [0, 0.1) is 0 Å². The summed E-state index contributed by atoms with van der Waals surface area (Å²) >= 11 is 3.32. The van der Waals surface area contributed by atoms with E-state index in [2.05, 4.69) is 31.2 Å². The fourth-order valence-corrected chi connectivity index (χ4v) is 1.32. The van der Waals surface area contributed by atoms with Crippen molar-refractivity contribution >= 4 is 27.7 Å². The largest absolute Gasteiger partial charge is 0.382 e. The Morgan fingerprint density at radius 3 is 3.00 bits per heavy atom. The first-order valence-electron chi connectivity index (χ1n) is 4.82. The molecule has 7 heteroatoms. The predicted molar refractivity (Wildman–Crippen MR) is 65.3 cm³/mol. The van der Waals surface area contributed by atoms with Gasteiger partial charge in [0, 0.05) is 19.9 Å². The molecule has 3 N–H and O–H groups in total. The summed E-state index contributed by atoms with van der Waals surface area (Å²) < 4.78 is 10.9. The van der Waals surface area contributed by atoms with Crippen molar-refractivity contribution in [3.63, 3.8) is 0 Å². The first kappa shape index (κ1) is 13.1. The lowest BCUT2D eigenvalue weighted by atomic mass is 10.5. The molecule has 0 saturated heterocycles. The third-order valence-electron chi connectivity index (χ3n) is 1.73. The minimum absolute atomic E-state index is 0.242. The minimum Gasteiger partial charge on any atom is -0.382 e. The van der Waals surface area contributed by atoms with E-state index >= 15 is 0 Å². The van der Waals surface area contributed by atoms with Crippen LogP contribution in [0.1, 0.15) is 0 Å². The number of nitrogens with one attached hydrogen (secondary N) is 1. The molecule has 0 saturated carbocycles. The molecule has 0 aliphatic rings. The zero-order valence-corrected chi connectivity index (χ0v) is 10.7. The van der Waals surface area contributed by atoms with Gasteiger partial charge in [0.05, 0.1) is 24.3 Å². The topological polar surface area (TPSA) is 82.3 Å². The summed E-state index contributed by atoms with van der Waals surface area (Å²) in [5.74, 6) is 0.911. The van der Waals surface area contributed by atoms with Gasteiger partial charge in [-0.1, -0.05) is 0 Å².